The third-order valence-corrected chi connectivity index (χ3v) is 5.15. The standard InChI is InChI=1S/C22H20F2N4O2/c1-12-21-15(22(29)28(12)11-13-3-5-14(30-2)6-4-13)7-8-20(27-21)26-19-10-17(24)16(23)9-18(19)25/h3-10,12H,11,25H2,1-2H3,(H,26,27). The Balaban J connectivity index is 1.57. The second kappa shape index (κ2) is 7.62. The van der Waals surface area contributed by atoms with Gasteiger partial charge in [0.05, 0.1) is 35.8 Å². The molecule has 1 aromatic heterocycles. The number of carbonyl (C=O) groups excluding carboxylic acids is 1. The Kier molecular flexibility index (Phi) is 4.99. The number of nitrogens with one attached hydrogen (secondary N) is 1. The Bertz CT molecular complexity index is 1120. The van der Waals surface area contributed by atoms with Gasteiger partial charge in [-0.15, -0.1) is 0 Å². The topological polar surface area (TPSA) is 80.5 Å². The maximum absolute atomic E-state index is 13.6. The Morgan fingerprint density at radius 2 is 1.83 bits per heavy atom. The first kappa shape index (κ1) is 19.6. The van der Waals surface area contributed by atoms with Crippen molar-refractivity contribution < 1.29 is 18.3 Å². The zero-order valence-corrected chi connectivity index (χ0v) is 16.4. The molecule has 2 heterocycles. The molecule has 8 heteroatoms. The van der Waals surface area contributed by atoms with Crippen LogP contribution in [0, 0.1) is 11.6 Å². The Morgan fingerprint density at radius 1 is 1.13 bits per heavy atom. The third-order valence-electron chi connectivity index (χ3n) is 5.15. The number of methoxy groups -OCH3 is 1. The fraction of sp³-hybridized carbons (Fsp3) is 0.182. The predicted molar refractivity (Wildman–Crippen MR) is 110 cm³/mol. The van der Waals surface area contributed by atoms with Gasteiger partial charge < -0.3 is 20.7 Å². The van der Waals surface area contributed by atoms with Crippen LogP contribution in [-0.2, 0) is 6.54 Å². The summed E-state index contributed by atoms with van der Waals surface area (Å²) >= 11 is 0. The lowest BCUT2D eigenvalue weighted by atomic mass is 10.1. The van der Waals surface area contributed by atoms with E-state index >= 15 is 0 Å². The van der Waals surface area contributed by atoms with Gasteiger partial charge in [0.2, 0.25) is 0 Å². The molecule has 30 heavy (non-hydrogen) atoms. The first-order valence-electron chi connectivity index (χ1n) is 9.33. The van der Waals surface area contributed by atoms with Gasteiger partial charge >= 0.3 is 0 Å². The molecular formula is C22H20F2N4O2. The van der Waals surface area contributed by atoms with E-state index in [4.69, 9.17) is 10.5 Å². The molecule has 0 bridgehead atoms. The number of hydrogen-bond donors (Lipinski definition) is 2. The largest absolute Gasteiger partial charge is 0.497 e. The van der Waals surface area contributed by atoms with Crippen molar-refractivity contribution in [3.63, 3.8) is 0 Å². The molecule has 4 rings (SSSR count). The number of amides is 1. The first-order valence-corrected chi connectivity index (χ1v) is 9.33. The summed E-state index contributed by atoms with van der Waals surface area (Å²) in [6.07, 6.45) is 0. The van der Waals surface area contributed by atoms with E-state index in [0.717, 1.165) is 23.4 Å². The van der Waals surface area contributed by atoms with E-state index < -0.39 is 11.6 Å². The molecule has 0 aliphatic carbocycles. The average molecular weight is 410 g/mol. The van der Waals surface area contributed by atoms with Crippen molar-refractivity contribution in [3.05, 3.63) is 77.0 Å². The highest BCUT2D eigenvalue weighted by atomic mass is 19.2. The van der Waals surface area contributed by atoms with E-state index in [2.05, 4.69) is 10.3 Å². The number of hydrogen-bond acceptors (Lipinski definition) is 5. The number of rotatable bonds is 5. The molecule has 0 saturated heterocycles. The van der Waals surface area contributed by atoms with Crippen LogP contribution in [0.1, 0.15) is 34.6 Å². The highest BCUT2D eigenvalue weighted by Crippen LogP contribution is 2.35. The Morgan fingerprint density at radius 3 is 2.53 bits per heavy atom. The first-order chi connectivity index (χ1) is 14.4. The lowest BCUT2D eigenvalue weighted by Gasteiger charge is -2.21. The second-order valence-corrected chi connectivity index (χ2v) is 7.06. The molecule has 0 fully saturated rings. The monoisotopic (exact) mass is 410 g/mol. The summed E-state index contributed by atoms with van der Waals surface area (Å²) in [5.41, 5.74) is 8.11. The van der Waals surface area contributed by atoms with E-state index in [9.17, 15) is 13.6 Å². The van der Waals surface area contributed by atoms with Crippen LogP contribution in [-0.4, -0.2) is 22.9 Å². The number of aromatic nitrogens is 1. The third kappa shape index (κ3) is 3.52. The van der Waals surface area contributed by atoms with Gasteiger partial charge in [0.25, 0.3) is 5.91 Å². The van der Waals surface area contributed by atoms with Crippen molar-refractivity contribution in [1.82, 2.24) is 9.88 Å². The van der Waals surface area contributed by atoms with Gasteiger partial charge in [-0.2, -0.15) is 0 Å². The van der Waals surface area contributed by atoms with Crippen LogP contribution in [0.25, 0.3) is 0 Å². The molecule has 3 N–H and O–H groups in total. The number of halogens is 2. The van der Waals surface area contributed by atoms with Crippen LogP contribution in [0.5, 0.6) is 5.75 Å². The van der Waals surface area contributed by atoms with Crippen molar-refractivity contribution in [3.8, 4) is 5.75 Å². The summed E-state index contributed by atoms with van der Waals surface area (Å²) in [6, 6.07) is 12.4. The molecule has 3 aromatic rings. The van der Waals surface area contributed by atoms with E-state index in [-0.39, 0.29) is 23.3 Å². The van der Waals surface area contributed by atoms with Crippen LogP contribution in [0.3, 0.4) is 0 Å². The van der Waals surface area contributed by atoms with Crippen molar-refractivity contribution in [1.29, 1.82) is 0 Å². The molecule has 6 nitrogen and oxygen atoms in total. The summed E-state index contributed by atoms with van der Waals surface area (Å²) in [5.74, 6) is -1.01. The van der Waals surface area contributed by atoms with Crippen molar-refractivity contribution in [2.75, 3.05) is 18.2 Å². The summed E-state index contributed by atoms with van der Waals surface area (Å²) in [5, 5.41) is 2.90. The van der Waals surface area contributed by atoms with Crippen LogP contribution < -0.4 is 15.8 Å². The number of benzene rings is 2. The van der Waals surface area contributed by atoms with Gasteiger partial charge in [0, 0.05) is 18.7 Å². The molecular weight excluding hydrogens is 390 g/mol. The molecule has 1 amide bonds. The van der Waals surface area contributed by atoms with Crippen molar-refractivity contribution in [2.24, 2.45) is 0 Å². The van der Waals surface area contributed by atoms with Crippen LogP contribution >= 0.6 is 0 Å². The van der Waals surface area contributed by atoms with Gasteiger partial charge in [0.1, 0.15) is 11.6 Å². The summed E-state index contributed by atoms with van der Waals surface area (Å²) in [7, 11) is 1.60. The molecule has 1 aliphatic rings. The Hall–Kier alpha value is -3.68. The molecule has 0 saturated carbocycles. The van der Waals surface area contributed by atoms with Crippen molar-refractivity contribution in [2.45, 2.75) is 19.5 Å². The minimum absolute atomic E-state index is 0.0569. The van der Waals surface area contributed by atoms with Gasteiger partial charge in [-0.25, -0.2) is 13.8 Å². The zero-order chi connectivity index (χ0) is 21.4. The minimum Gasteiger partial charge on any atom is -0.497 e. The highest BCUT2D eigenvalue weighted by molar-refractivity contribution is 5.98. The zero-order valence-electron chi connectivity index (χ0n) is 16.4. The van der Waals surface area contributed by atoms with E-state index in [1.54, 1.807) is 24.1 Å². The molecule has 1 atom stereocenters. The molecule has 0 radical (unpaired) electrons. The van der Waals surface area contributed by atoms with Gasteiger partial charge in [0.15, 0.2) is 11.6 Å². The quantitative estimate of drug-likeness (QED) is 0.609. The maximum Gasteiger partial charge on any atom is 0.256 e. The molecule has 2 aromatic carbocycles. The average Bonchev–Trinajstić information content (AvgIpc) is 2.97. The van der Waals surface area contributed by atoms with Crippen molar-refractivity contribution >= 4 is 23.1 Å². The smallest absolute Gasteiger partial charge is 0.256 e. The number of nitrogen functional groups attached to an aromatic ring is 1. The van der Waals surface area contributed by atoms with E-state index in [0.29, 0.717) is 23.6 Å². The lowest BCUT2D eigenvalue weighted by molar-refractivity contribution is 0.0722. The predicted octanol–water partition coefficient (Wildman–Crippen LogP) is 4.41. The number of nitrogens with two attached hydrogens (primary N) is 1. The number of carbonyl (C=O) groups is 1. The van der Waals surface area contributed by atoms with Gasteiger partial charge in [-0.05, 0) is 36.8 Å². The molecule has 1 unspecified atom stereocenters. The SMILES string of the molecule is COc1ccc(CN2C(=O)c3ccc(Nc4cc(F)c(F)cc4N)nc3C2C)cc1. The lowest BCUT2D eigenvalue weighted by Crippen LogP contribution is -2.26. The minimum atomic E-state index is -1.02. The number of nitrogens with zero attached hydrogens (tertiary/aromatic N) is 2. The number of fused-ring (bicyclic) bond motifs is 1. The number of ether oxygens (including phenoxy) is 1. The van der Waals surface area contributed by atoms with Gasteiger partial charge in [-0.3, -0.25) is 4.79 Å². The van der Waals surface area contributed by atoms with E-state index in [1.807, 2.05) is 31.2 Å². The molecule has 154 valence electrons. The maximum atomic E-state index is 13.6. The summed E-state index contributed by atoms with van der Waals surface area (Å²) < 4.78 is 32.0. The number of anilines is 3. The summed E-state index contributed by atoms with van der Waals surface area (Å²) in [4.78, 5) is 19.1. The van der Waals surface area contributed by atoms with Crippen LogP contribution in [0.15, 0.2) is 48.5 Å². The van der Waals surface area contributed by atoms with Gasteiger partial charge in [-0.1, -0.05) is 12.1 Å². The molecule has 0 spiro atoms. The van der Waals surface area contributed by atoms with Crippen LogP contribution in [0.4, 0.5) is 26.0 Å². The fourth-order valence-corrected chi connectivity index (χ4v) is 3.47. The summed E-state index contributed by atoms with van der Waals surface area (Å²) in [6.45, 7) is 2.33. The molecule has 1 aliphatic heterocycles. The Labute approximate surface area is 172 Å². The second-order valence-electron chi connectivity index (χ2n) is 7.06. The normalized spacial score (nSPS) is 15.3. The van der Waals surface area contributed by atoms with Crippen LogP contribution in [0.2, 0.25) is 0 Å². The van der Waals surface area contributed by atoms with E-state index in [1.165, 1.54) is 0 Å². The highest BCUT2D eigenvalue weighted by Gasteiger charge is 2.35. The fourth-order valence-electron chi connectivity index (χ4n) is 3.47. The number of pyridine rings is 1.